The third kappa shape index (κ3) is 5.14. The summed E-state index contributed by atoms with van der Waals surface area (Å²) < 4.78 is 1.00. The van der Waals surface area contributed by atoms with Gasteiger partial charge in [0.1, 0.15) is 0 Å². The lowest BCUT2D eigenvalue weighted by Gasteiger charge is -2.32. The van der Waals surface area contributed by atoms with Gasteiger partial charge in [-0.3, -0.25) is 4.99 Å². The highest BCUT2D eigenvalue weighted by molar-refractivity contribution is 9.10. The maximum atomic E-state index is 5.26. The van der Waals surface area contributed by atoms with Gasteiger partial charge < -0.3 is 0 Å². The molecule has 0 aliphatic rings. The number of nitrogens with zero attached hydrogens (tertiary/aromatic N) is 2. The number of benzene rings is 2. The predicted molar refractivity (Wildman–Crippen MR) is 144 cm³/mol. The van der Waals surface area contributed by atoms with Crippen LogP contribution in [0.2, 0.25) is 0 Å². The summed E-state index contributed by atoms with van der Waals surface area (Å²) in [5.74, 6) is 0. The average molecular weight is 494 g/mol. The second-order valence-electron chi connectivity index (χ2n) is 11.9. The number of aromatic nitrogens is 1. The highest BCUT2D eigenvalue weighted by atomic mass is 79.9. The van der Waals surface area contributed by atoms with E-state index in [1.807, 2.05) is 12.1 Å². The molecule has 0 aliphatic carbocycles. The van der Waals surface area contributed by atoms with Gasteiger partial charge in [0.05, 0.1) is 22.6 Å². The second-order valence-corrected chi connectivity index (χ2v) is 12.7. The molecule has 0 unspecified atom stereocenters. The molecule has 2 nitrogen and oxygen atoms in total. The summed E-state index contributed by atoms with van der Waals surface area (Å²) in [7, 11) is 0. The number of hydrogen-bond acceptors (Lipinski definition) is 2. The number of halogens is 1. The van der Waals surface area contributed by atoms with Crippen molar-refractivity contribution in [3.8, 4) is 0 Å². The van der Waals surface area contributed by atoms with Crippen molar-refractivity contribution in [1.82, 2.24) is 4.98 Å². The second kappa shape index (κ2) is 8.41. The van der Waals surface area contributed by atoms with Crippen LogP contribution in [0, 0.1) is 0 Å². The fourth-order valence-corrected chi connectivity index (χ4v) is 4.34. The van der Waals surface area contributed by atoms with E-state index in [0.29, 0.717) is 0 Å². The Morgan fingerprint density at radius 3 is 1.84 bits per heavy atom. The van der Waals surface area contributed by atoms with E-state index in [2.05, 4.69) is 115 Å². The quantitative estimate of drug-likeness (QED) is 0.327. The molecule has 0 aliphatic heterocycles. The Morgan fingerprint density at radius 1 is 0.781 bits per heavy atom. The van der Waals surface area contributed by atoms with E-state index >= 15 is 0 Å². The standard InChI is InChI=1S/C29H37BrN2/c1-18(24-15-14-19-12-11-13-23(30)25(19)32-24)31-26-21(28(5,6)7)16-20(27(2,3)4)17-22(26)29(8,9)10/h11-17H,1-10H3. The lowest BCUT2D eigenvalue weighted by molar-refractivity contribution is 0.550. The van der Waals surface area contributed by atoms with Crippen molar-refractivity contribution in [3.05, 3.63) is 69.3 Å². The highest BCUT2D eigenvalue weighted by Crippen LogP contribution is 2.43. The molecule has 32 heavy (non-hydrogen) atoms. The van der Waals surface area contributed by atoms with Crippen molar-refractivity contribution < 1.29 is 0 Å². The van der Waals surface area contributed by atoms with Gasteiger partial charge in [-0.1, -0.05) is 92.6 Å². The topological polar surface area (TPSA) is 25.2 Å². The van der Waals surface area contributed by atoms with E-state index in [9.17, 15) is 0 Å². The third-order valence-electron chi connectivity index (χ3n) is 5.91. The predicted octanol–water partition coefficient (Wildman–Crippen LogP) is 9.03. The molecule has 0 amide bonds. The number of para-hydroxylation sites is 1. The SMILES string of the molecule is CC(=Nc1c(C(C)(C)C)cc(C(C)(C)C)cc1C(C)(C)C)c1ccc2cccc(Br)c2n1. The molecule has 170 valence electrons. The zero-order chi connectivity index (χ0) is 24.1. The summed E-state index contributed by atoms with van der Waals surface area (Å²) in [6, 6.07) is 15.1. The van der Waals surface area contributed by atoms with Crippen LogP contribution in [-0.4, -0.2) is 10.7 Å². The van der Waals surface area contributed by atoms with E-state index < -0.39 is 0 Å². The summed E-state index contributed by atoms with van der Waals surface area (Å²) in [4.78, 5) is 10.2. The first kappa shape index (κ1) is 24.6. The average Bonchev–Trinajstić information content (AvgIpc) is 2.65. The van der Waals surface area contributed by atoms with Crippen molar-refractivity contribution in [2.24, 2.45) is 4.99 Å². The molecule has 3 heteroatoms. The maximum absolute atomic E-state index is 5.26. The first-order chi connectivity index (χ1) is 14.6. The van der Waals surface area contributed by atoms with Gasteiger partial charge in [0.25, 0.3) is 0 Å². The van der Waals surface area contributed by atoms with Crippen LogP contribution in [-0.2, 0) is 16.2 Å². The molecular weight excluding hydrogens is 456 g/mol. The number of pyridine rings is 1. The molecule has 3 rings (SSSR count). The van der Waals surface area contributed by atoms with Crippen LogP contribution in [0.15, 0.2) is 51.9 Å². The molecule has 0 spiro atoms. The number of aliphatic imine (C=N–C) groups is 1. The molecule has 0 saturated carbocycles. The Bertz CT molecular complexity index is 1150. The first-order valence-corrected chi connectivity index (χ1v) is 12.2. The van der Waals surface area contributed by atoms with Crippen LogP contribution in [0.4, 0.5) is 5.69 Å². The number of rotatable bonds is 2. The monoisotopic (exact) mass is 492 g/mol. The minimum Gasteiger partial charge on any atom is -0.251 e. The molecule has 0 radical (unpaired) electrons. The van der Waals surface area contributed by atoms with Crippen LogP contribution in [0.25, 0.3) is 10.9 Å². The van der Waals surface area contributed by atoms with Crippen molar-refractivity contribution in [1.29, 1.82) is 0 Å². The Labute approximate surface area is 202 Å². The van der Waals surface area contributed by atoms with Crippen LogP contribution < -0.4 is 0 Å². The van der Waals surface area contributed by atoms with Gasteiger partial charge in [-0.25, -0.2) is 4.98 Å². The maximum Gasteiger partial charge on any atom is 0.0851 e. The number of hydrogen-bond donors (Lipinski definition) is 0. The smallest absolute Gasteiger partial charge is 0.0851 e. The Morgan fingerprint density at radius 2 is 1.34 bits per heavy atom. The van der Waals surface area contributed by atoms with E-state index in [4.69, 9.17) is 9.98 Å². The van der Waals surface area contributed by atoms with Gasteiger partial charge in [-0.2, -0.15) is 0 Å². The Kier molecular flexibility index (Phi) is 6.47. The first-order valence-electron chi connectivity index (χ1n) is 11.4. The number of fused-ring (bicyclic) bond motifs is 1. The van der Waals surface area contributed by atoms with Gasteiger partial charge in [0.15, 0.2) is 0 Å². The molecule has 0 N–H and O–H groups in total. The zero-order valence-electron chi connectivity index (χ0n) is 21.3. The van der Waals surface area contributed by atoms with E-state index in [1.165, 1.54) is 16.7 Å². The summed E-state index contributed by atoms with van der Waals surface area (Å²) in [5.41, 5.74) is 7.85. The molecular formula is C29H37BrN2. The lowest BCUT2D eigenvalue weighted by Crippen LogP contribution is -2.21. The van der Waals surface area contributed by atoms with E-state index in [-0.39, 0.29) is 16.2 Å². The lowest BCUT2D eigenvalue weighted by atomic mass is 9.74. The van der Waals surface area contributed by atoms with Crippen LogP contribution >= 0.6 is 15.9 Å². The fourth-order valence-electron chi connectivity index (χ4n) is 3.87. The Balaban J connectivity index is 2.30. The van der Waals surface area contributed by atoms with Crippen LogP contribution in [0.1, 0.15) is 91.6 Å². The van der Waals surface area contributed by atoms with Gasteiger partial charge in [0, 0.05) is 9.86 Å². The van der Waals surface area contributed by atoms with E-state index in [0.717, 1.165) is 32.5 Å². The van der Waals surface area contributed by atoms with Crippen molar-refractivity contribution in [2.45, 2.75) is 85.5 Å². The zero-order valence-corrected chi connectivity index (χ0v) is 22.9. The summed E-state index contributed by atoms with van der Waals surface area (Å²) >= 11 is 3.65. The molecule has 0 atom stereocenters. The molecule has 0 bridgehead atoms. The molecule has 0 fully saturated rings. The third-order valence-corrected chi connectivity index (χ3v) is 6.55. The highest BCUT2D eigenvalue weighted by Gasteiger charge is 2.29. The van der Waals surface area contributed by atoms with E-state index in [1.54, 1.807) is 0 Å². The Hall–Kier alpha value is -2.00. The van der Waals surface area contributed by atoms with Gasteiger partial charge in [0.2, 0.25) is 0 Å². The molecule has 2 aromatic carbocycles. The fraction of sp³-hybridized carbons (Fsp3) is 0.448. The minimum absolute atomic E-state index is 0.0276. The van der Waals surface area contributed by atoms with Crippen molar-refractivity contribution >= 4 is 38.2 Å². The normalized spacial score (nSPS) is 13.7. The van der Waals surface area contributed by atoms with Crippen molar-refractivity contribution in [3.63, 3.8) is 0 Å². The van der Waals surface area contributed by atoms with Crippen LogP contribution in [0.5, 0.6) is 0 Å². The summed E-state index contributed by atoms with van der Waals surface area (Å²) in [6.45, 7) is 22.6. The largest absolute Gasteiger partial charge is 0.251 e. The summed E-state index contributed by atoms with van der Waals surface area (Å²) in [5, 5.41) is 1.12. The van der Waals surface area contributed by atoms with Gasteiger partial charge in [-0.15, -0.1) is 0 Å². The van der Waals surface area contributed by atoms with Gasteiger partial charge in [-0.05, 0) is 67.9 Å². The molecule has 1 aromatic heterocycles. The molecule has 1 heterocycles. The minimum atomic E-state index is -0.0276. The van der Waals surface area contributed by atoms with Crippen molar-refractivity contribution in [2.75, 3.05) is 0 Å². The molecule has 0 saturated heterocycles. The molecule has 3 aromatic rings. The van der Waals surface area contributed by atoms with Crippen LogP contribution in [0.3, 0.4) is 0 Å². The summed E-state index contributed by atoms with van der Waals surface area (Å²) in [6.07, 6.45) is 0. The van der Waals surface area contributed by atoms with Gasteiger partial charge >= 0.3 is 0 Å².